The Hall–Kier alpha value is -3.09. The van der Waals surface area contributed by atoms with Crippen LogP contribution in [0.5, 0.6) is 0 Å². The van der Waals surface area contributed by atoms with E-state index in [0.717, 1.165) is 12.1 Å². The highest BCUT2D eigenvalue weighted by atomic mass is 19.1. The summed E-state index contributed by atoms with van der Waals surface area (Å²) in [5, 5.41) is 14.5. The van der Waals surface area contributed by atoms with E-state index >= 15 is 0 Å². The van der Waals surface area contributed by atoms with E-state index in [-0.39, 0.29) is 11.4 Å². The number of rotatable bonds is 5. The van der Waals surface area contributed by atoms with E-state index in [0.29, 0.717) is 5.56 Å². The number of hydrogen-bond acceptors (Lipinski definition) is 4. The van der Waals surface area contributed by atoms with Crippen LogP contribution in [0, 0.1) is 21.7 Å². The van der Waals surface area contributed by atoms with Crippen LogP contribution in [0.1, 0.15) is 5.56 Å². The molecule has 0 amide bonds. The molecule has 7 heteroatoms. The first kappa shape index (κ1) is 15.3. The maximum Gasteiger partial charge on any atom is 0.276 e. The minimum absolute atomic E-state index is 0.0234. The molecule has 0 saturated carbocycles. The normalized spacial score (nSPS) is 11.2. The third-order valence-corrected chi connectivity index (χ3v) is 2.69. The van der Waals surface area contributed by atoms with Gasteiger partial charge in [-0.2, -0.15) is 5.10 Å². The zero-order valence-corrected chi connectivity index (χ0v) is 11.2. The van der Waals surface area contributed by atoms with Gasteiger partial charge in [0.15, 0.2) is 5.82 Å². The number of para-hydroxylation sites is 1. The monoisotopic (exact) mass is 303 g/mol. The Balaban J connectivity index is 2.02. The molecule has 0 atom stereocenters. The molecule has 2 rings (SSSR count). The van der Waals surface area contributed by atoms with Gasteiger partial charge in [0.1, 0.15) is 5.82 Å². The van der Waals surface area contributed by atoms with E-state index in [4.69, 9.17) is 0 Å². The highest BCUT2D eigenvalue weighted by molar-refractivity contribution is 5.80. The van der Waals surface area contributed by atoms with Crippen molar-refractivity contribution in [3.63, 3.8) is 0 Å². The largest absolute Gasteiger partial charge is 0.276 e. The van der Waals surface area contributed by atoms with Crippen molar-refractivity contribution in [1.82, 2.24) is 0 Å². The van der Waals surface area contributed by atoms with E-state index in [1.165, 1.54) is 30.5 Å². The fourth-order valence-corrected chi connectivity index (χ4v) is 1.67. The first-order valence-corrected chi connectivity index (χ1v) is 6.22. The van der Waals surface area contributed by atoms with Gasteiger partial charge in [0.2, 0.25) is 0 Å². The number of halogens is 2. The molecule has 2 aromatic rings. The number of benzene rings is 2. The molecule has 0 bridgehead atoms. The number of hydrazone groups is 1. The summed E-state index contributed by atoms with van der Waals surface area (Å²) < 4.78 is 26.0. The molecule has 112 valence electrons. The van der Waals surface area contributed by atoms with Crippen LogP contribution in [0.15, 0.2) is 53.6 Å². The predicted octanol–water partition coefficient (Wildman–Crippen LogP) is 3.98. The second-order valence-corrected chi connectivity index (χ2v) is 4.19. The van der Waals surface area contributed by atoms with Crippen LogP contribution in [0.25, 0.3) is 6.08 Å². The molecule has 0 spiro atoms. The fourth-order valence-electron chi connectivity index (χ4n) is 1.67. The minimum Gasteiger partial charge on any atom is -0.276 e. The van der Waals surface area contributed by atoms with Crippen molar-refractivity contribution in [2.75, 3.05) is 5.43 Å². The van der Waals surface area contributed by atoms with Crippen LogP contribution in [-0.2, 0) is 0 Å². The van der Waals surface area contributed by atoms with E-state index in [1.807, 2.05) is 0 Å². The quantitative estimate of drug-likeness (QED) is 0.516. The molecule has 0 saturated heterocycles. The first-order chi connectivity index (χ1) is 10.6. The Bertz CT molecular complexity index is 745. The van der Waals surface area contributed by atoms with Gasteiger partial charge >= 0.3 is 0 Å². The Kier molecular flexibility index (Phi) is 4.92. The molecule has 22 heavy (non-hydrogen) atoms. The van der Waals surface area contributed by atoms with Gasteiger partial charge in [-0.15, -0.1) is 0 Å². The van der Waals surface area contributed by atoms with Crippen molar-refractivity contribution in [3.8, 4) is 0 Å². The molecule has 2 aromatic carbocycles. The fraction of sp³-hybridized carbons (Fsp3) is 0. The summed E-state index contributed by atoms with van der Waals surface area (Å²) >= 11 is 0. The van der Waals surface area contributed by atoms with Gasteiger partial charge in [-0.25, -0.2) is 8.78 Å². The number of nitrogens with zero attached hydrogens (tertiary/aromatic N) is 2. The molecule has 0 aromatic heterocycles. The Morgan fingerprint density at radius 2 is 1.95 bits per heavy atom. The Labute approximate surface area is 124 Å². The molecule has 0 aliphatic rings. The van der Waals surface area contributed by atoms with Crippen LogP contribution >= 0.6 is 0 Å². The lowest BCUT2D eigenvalue weighted by Crippen LogP contribution is -1.93. The Morgan fingerprint density at radius 1 is 1.18 bits per heavy atom. The molecule has 0 heterocycles. The summed E-state index contributed by atoms with van der Waals surface area (Å²) in [6, 6.07) is 9.29. The van der Waals surface area contributed by atoms with E-state index < -0.39 is 16.6 Å². The summed E-state index contributed by atoms with van der Waals surface area (Å²) in [5.74, 6) is -1.44. The van der Waals surface area contributed by atoms with Crippen molar-refractivity contribution in [2.45, 2.75) is 0 Å². The summed E-state index contributed by atoms with van der Waals surface area (Å²) in [4.78, 5) is 10.3. The number of nitro benzene ring substituents is 1. The summed E-state index contributed by atoms with van der Waals surface area (Å²) in [6.07, 6.45) is 4.28. The van der Waals surface area contributed by atoms with Crippen molar-refractivity contribution >= 4 is 23.7 Å². The second-order valence-electron chi connectivity index (χ2n) is 4.19. The zero-order valence-electron chi connectivity index (χ0n) is 11.2. The van der Waals surface area contributed by atoms with Crippen molar-refractivity contribution in [2.24, 2.45) is 5.10 Å². The lowest BCUT2D eigenvalue weighted by Gasteiger charge is -2.00. The average Bonchev–Trinajstić information content (AvgIpc) is 2.49. The van der Waals surface area contributed by atoms with Crippen molar-refractivity contribution in [3.05, 3.63) is 75.9 Å². The molecule has 0 unspecified atom stereocenters. The molecule has 0 aliphatic carbocycles. The third kappa shape index (κ3) is 3.95. The van der Waals surface area contributed by atoms with Gasteiger partial charge in [0, 0.05) is 18.3 Å². The SMILES string of the molecule is O=[N+]([O-])c1ccccc1/C=C/C=N\Nc1ccc(F)cc1F. The van der Waals surface area contributed by atoms with E-state index in [2.05, 4.69) is 10.5 Å². The number of anilines is 1. The summed E-state index contributed by atoms with van der Waals surface area (Å²) in [5.41, 5.74) is 2.83. The van der Waals surface area contributed by atoms with Crippen LogP contribution in [-0.4, -0.2) is 11.1 Å². The van der Waals surface area contributed by atoms with Gasteiger partial charge in [0.05, 0.1) is 16.2 Å². The summed E-state index contributed by atoms with van der Waals surface area (Å²) in [6.45, 7) is 0. The molecule has 0 radical (unpaired) electrons. The average molecular weight is 303 g/mol. The van der Waals surface area contributed by atoms with Gasteiger partial charge in [-0.3, -0.25) is 15.5 Å². The number of nitrogens with one attached hydrogen (secondary N) is 1. The molecular weight excluding hydrogens is 292 g/mol. The smallest absolute Gasteiger partial charge is 0.276 e. The van der Waals surface area contributed by atoms with Crippen LogP contribution in [0.2, 0.25) is 0 Å². The minimum atomic E-state index is -0.764. The molecular formula is C15H11F2N3O2. The maximum atomic E-state index is 13.3. The molecule has 5 nitrogen and oxygen atoms in total. The van der Waals surface area contributed by atoms with Gasteiger partial charge < -0.3 is 0 Å². The predicted molar refractivity (Wildman–Crippen MR) is 80.6 cm³/mol. The van der Waals surface area contributed by atoms with Gasteiger partial charge in [0.25, 0.3) is 5.69 Å². The highest BCUT2D eigenvalue weighted by Gasteiger charge is 2.08. The first-order valence-electron chi connectivity index (χ1n) is 6.22. The molecule has 0 fully saturated rings. The zero-order chi connectivity index (χ0) is 15.9. The van der Waals surface area contributed by atoms with E-state index in [1.54, 1.807) is 18.2 Å². The maximum absolute atomic E-state index is 13.3. The van der Waals surface area contributed by atoms with E-state index in [9.17, 15) is 18.9 Å². The second kappa shape index (κ2) is 7.07. The summed E-state index contributed by atoms with van der Waals surface area (Å²) in [7, 11) is 0. The van der Waals surface area contributed by atoms with Crippen molar-refractivity contribution in [1.29, 1.82) is 0 Å². The van der Waals surface area contributed by atoms with Crippen molar-refractivity contribution < 1.29 is 13.7 Å². The van der Waals surface area contributed by atoms with Gasteiger partial charge in [-0.1, -0.05) is 12.1 Å². The molecule has 0 aliphatic heterocycles. The Morgan fingerprint density at radius 3 is 2.68 bits per heavy atom. The lowest BCUT2D eigenvalue weighted by molar-refractivity contribution is -0.385. The standard InChI is InChI=1S/C15H11F2N3O2/c16-12-7-8-14(13(17)10-12)19-18-9-3-5-11-4-1-2-6-15(11)20(21)22/h1-10,19H/b5-3+,18-9-. The topological polar surface area (TPSA) is 67.5 Å². The number of hydrogen-bond donors (Lipinski definition) is 1. The van der Waals surface area contributed by atoms with Crippen LogP contribution in [0.4, 0.5) is 20.2 Å². The molecule has 1 N–H and O–H groups in total. The van der Waals surface area contributed by atoms with Crippen LogP contribution in [0.3, 0.4) is 0 Å². The highest BCUT2D eigenvalue weighted by Crippen LogP contribution is 2.18. The number of nitro groups is 1. The lowest BCUT2D eigenvalue weighted by atomic mass is 10.2. The van der Waals surface area contributed by atoms with Gasteiger partial charge in [-0.05, 0) is 30.4 Å². The number of allylic oxidation sites excluding steroid dienone is 1. The van der Waals surface area contributed by atoms with Crippen LogP contribution < -0.4 is 5.43 Å². The third-order valence-electron chi connectivity index (χ3n) is 2.69.